The van der Waals surface area contributed by atoms with Crippen molar-refractivity contribution in [3.8, 4) is 0 Å². The van der Waals surface area contributed by atoms with Crippen LogP contribution in [0.25, 0.3) is 0 Å². The molecule has 0 saturated heterocycles. The Balaban J connectivity index is 3.54. The van der Waals surface area contributed by atoms with Gasteiger partial charge in [-0.25, -0.2) is 0 Å². The summed E-state index contributed by atoms with van der Waals surface area (Å²) in [7, 11) is 0. The van der Waals surface area contributed by atoms with Crippen LogP contribution in [0, 0.1) is 0 Å². The van der Waals surface area contributed by atoms with Crippen LogP contribution in [0.1, 0.15) is 258 Å². The molecule has 4 heteroatoms. The molecule has 0 aromatic carbocycles. The number of amides is 1. The third kappa shape index (κ3) is 45.2. The average molecular weight is 810 g/mol. The molecule has 58 heavy (non-hydrogen) atoms. The molecule has 0 aliphatic rings. The molecule has 1 amide bonds. The first kappa shape index (κ1) is 56.1. The monoisotopic (exact) mass is 810 g/mol. The molecule has 0 aromatic heterocycles. The van der Waals surface area contributed by atoms with E-state index in [9.17, 15) is 15.0 Å². The van der Waals surface area contributed by atoms with Crippen LogP contribution in [0.5, 0.6) is 0 Å². The van der Waals surface area contributed by atoms with Crippen molar-refractivity contribution in [3.63, 3.8) is 0 Å². The molecule has 2 unspecified atom stereocenters. The zero-order valence-electron chi connectivity index (χ0n) is 38.8. The third-order valence-electron chi connectivity index (χ3n) is 11.5. The SMILES string of the molecule is CC/C=C\C/C=C\C/C=C\C/C=C\CCCCCCCCCCC(=O)NC(CO)C(O)/C=C/CCCCCCCCCCCCCCCCCCCCCCCCC. The molecular weight excluding hydrogens is 711 g/mol. The van der Waals surface area contributed by atoms with E-state index in [0.717, 1.165) is 51.4 Å². The van der Waals surface area contributed by atoms with Crippen molar-refractivity contribution in [2.24, 2.45) is 0 Å². The molecule has 0 aliphatic heterocycles. The molecule has 0 fully saturated rings. The largest absolute Gasteiger partial charge is 0.394 e. The first-order chi connectivity index (χ1) is 28.7. The van der Waals surface area contributed by atoms with Gasteiger partial charge in [0.15, 0.2) is 0 Å². The van der Waals surface area contributed by atoms with Crippen molar-refractivity contribution in [1.29, 1.82) is 0 Å². The van der Waals surface area contributed by atoms with Crippen molar-refractivity contribution in [2.45, 2.75) is 270 Å². The van der Waals surface area contributed by atoms with Gasteiger partial charge in [-0.3, -0.25) is 4.79 Å². The maximum absolute atomic E-state index is 12.4. The van der Waals surface area contributed by atoms with E-state index in [0.29, 0.717) is 6.42 Å². The molecule has 0 saturated carbocycles. The fourth-order valence-electron chi connectivity index (χ4n) is 7.64. The van der Waals surface area contributed by atoms with Crippen molar-refractivity contribution >= 4 is 5.91 Å². The second-order valence-electron chi connectivity index (χ2n) is 17.2. The van der Waals surface area contributed by atoms with E-state index >= 15 is 0 Å². The lowest BCUT2D eigenvalue weighted by atomic mass is 10.0. The first-order valence-corrected chi connectivity index (χ1v) is 25.5. The highest BCUT2D eigenvalue weighted by molar-refractivity contribution is 5.76. The van der Waals surface area contributed by atoms with E-state index in [4.69, 9.17) is 0 Å². The molecule has 0 aromatic rings. The highest BCUT2D eigenvalue weighted by Crippen LogP contribution is 2.16. The van der Waals surface area contributed by atoms with Gasteiger partial charge in [0.25, 0.3) is 0 Å². The zero-order chi connectivity index (χ0) is 42.1. The van der Waals surface area contributed by atoms with E-state index < -0.39 is 12.1 Å². The lowest BCUT2D eigenvalue weighted by molar-refractivity contribution is -0.123. The Hall–Kier alpha value is -1.91. The number of unbranched alkanes of at least 4 members (excludes halogenated alkanes) is 31. The number of hydrogen-bond donors (Lipinski definition) is 3. The average Bonchev–Trinajstić information content (AvgIpc) is 3.23. The molecule has 0 bridgehead atoms. The fraction of sp³-hybridized carbons (Fsp3) is 0.796. The van der Waals surface area contributed by atoms with Gasteiger partial charge in [0.1, 0.15) is 0 Å². The smallest absolute Gasteiger partial charge is 0.220 e. The Bertz CT molecular complexity index is 965. The summed E-state index contributed by atoms with van der Waals surface area (Å²) in [5.41, 5.74) is 0. The second-order valence-corrected chi connectivity index (χ2v) is 17.2. The molecule has 338 valence electrons. The minimum atomic E-state index is -0.846. The molecule has 0 aliphatic carbocycles. The molecule has 4 nitrogen and oxygen atoms in total. The second kappa shape index (κ2) is 49.5. The Morgan fingerprint density at radius 3 is 1.14 bits per heavy atom. The van der Waals surface area contributed by atoms with E-state index in [1.807, 2.05) is 6.08 Å². The number of rotatable bonds is 46. The summed E-state index contributed by atoms with van der Waals surface area (Å²) in [6.45, 7) is 4.21. The van der Waals surface area contributed by atoms with Crippen LogP contribution in [-0.2, 0) is 4.79 Å². The van der Waals surface area contributed by atoms with Gasteiger partial charge in [-0.2, -0.15) is 0 Å². The summed E-state index contributed by atoms with van der Waals surface area (Å²) in [5, 5.41) is 23.1. The van der Waals surface area contributed by atoms with Gasteiger partial charge in [-0.1, -0.05) is 254 Å². The standard InChI is InChI=1S/C54H99NO3/c1-3-5-7-9-11-13-15-17-19-21-23-25-26-27-28-30-31-33-35-37-39-41-43-45-47-49-53(57)52(51-56)55-54(58)50-48-46-44-42-40-38-36-34-32-29-24-22-20-18-16-14-12-10-8-6-4-2/h6,8,12,14,18,20,24,29,47,49,52-53,56-57H,3-5,7,9-11,13,15-17,19,21-23,25-28,30-46,48,50-51H2,1-2H3,(H,55,58)/b8-6-,14-12-,20-18-,29-24-,49-47+. The Kier molecular flexibility index (Phi) is 47.8. The number of carbonyl (C=O) groups is 1. The quantitative estimate of drug-likeness (QED) is 0.0424. The number of aliphatic hydroxyl groups excluding tert-OH is 2. The van der Waals surface area contributed by atoms with Crippen LogP contribution >= 0.6 is 0 Å². The minimum absolute atomic E-state index is 0.0721. The molecule has 2 atom stereocenters. The summed E-state index contributed by atoms with van der Waals surface area (Å²) in [5.74, 6) is -0.0721. The number of carbonyl (C=O) groups excluding carboxylic acids is 1. The highest BCUT2D eigenvalue weighted by atomic mass is 16.3. The molecular formula is C54H99NO3. The molecule has 3 N–H and O–H groups in total. The Morgan fingerprint density at radius 1 is 0.431 bits per heavy atom. The number of nitrogens with one attached hydrogen (secondary N) is 1. The van der Waals surface area contributed by atoms with E-state index in [1.165, 1.54) is 186 Å². The van der Waals surface area contributed by atoms with E-state index in [1.54, 1.807) is 6.08 Å². The van der Waals surface area contributed by atoms with E-state index in [2.05, 4.69) is 67.8 Å². The summed E-state index contributed by atoms with van der Waals surface area (Å²) >= 11 is 0. The summed E-state index contributed by atoms with van der Waals surface area (Å²) < 4.78 is 0. The first-order valence-electron chi connectivity index (χ1n) is 25.5. The van der Waals surface area contributed by atoms with Gasteiger partial charge in [0, 0.05) is 6.42 Å². The van der Waals surface area contributed by atoms with Gasteiger partial charge < -0.3 is 15.5 Å². The van der Waals surface area contributed by atoms with Crippen LogP contribution in [0.2, 0.25) is 0 Å². The van der Waals surface area contributed by atoms with Gasteiger partial charge >= 0.3 is 0 Å². The molecule has 0 rings (SSSR count). The number of hydrogen-bond acceptors (Lipinski definition) is 3. The number of allylic oxidation sites excluding steroid dienone is 9. The molecule has 0 heterocycles. The van der Waals surface area contributed by atoms with Crippen molar-refractivity contribution in [2.75, 3.05) is 6.61 Å². The normalized spacial score (nSPS) is 13.4. The van der Waals surface area contributed by atoms with Gasteiger partial charge in [-0.05, 0) is 57.8 Å². The van der Waals surface area contributed by atoms with Crippen LogP contribution in [0.3, 0.4) is 0 Å². The maximum atomic E-state index is 12.4. The van der Waals surface area contributed by atoms with Gasteiger partial charge in [-0.15, -0.1) is 0 Å². The predicted octanol–water partition coefficient (Wildman–Crippen LogP) is 16.5. The van der Waals surface area contributed by atoms with Crippen LogP contribution in [-0.4, -0.2) is 34.9 Å². The Labute approximate surface area is 362 Å². The maximum Gasteiger partial charge on any atom is 0.220 e. The summed E-state index contributed by atoms with van der Waals surface area (Å²) in [6, 6.07) is -0.630. The summed E-state index contributed by atoms with van der Waals surface area (Å²) in [6.07, 6.45) is 69.3. The van der Waals surface area contributed by atoms with Crippen molar-refractivity contribution in [1.82, 2.24) is 5.32 Å². The van der Waals surface area contributed by atoms with Crippen LogP contribution in [0.4, 0.5) is 0 Å². The number of aliphatic hydroxyl groups is 2. The van der Waals surface area contributed by atoms with Crippen LogP contribution < -0.4 is 5.32 Å². The molecule has 0 spiro atoms. The lowest BCUT2D eigenvalue weighted by Crippen LogP contribution is -2.45. The van der Waals surface area contributed by atoms with Crippen molar-refractivity contribution in [3.05, 3.63) is 60.8 Å². The van der Waals surface area contributed by atoms with Crippen LogP contribution in [0.15, 0.2) is 60.8 Å². The highest BCUT2D eigenvalue weighted by Gasteiger charge is 2.18. The fourth-order valence-corrected chi connectivity index (χ4v) is 7.64. The van der Waals surface area contributed by atoms with Gasteiger partial charge in [0.05, 0.1) is 18.8 Å². The predicted molar refractivity (Wildman–Crippen MR) is 258 cm³/mol. The third-order valence-corrected chi connectivity index (χ3v) is 11.5. The van der Waals surface area contributed by atoms with Crippen molar-refractivity contribution < 1.29 is 15.0 Å². The zero-order valence-corrected chi connectivity index (χ0v) is 38.8. The summed E-state index contributed by atoms with van der Waals surface area (Å²) in [4.78, 5) is 12.4. The Morgan fingerprint density at radius 2 is 0.759 bits per heavy atom. The van der Waals surface area contributed by atoms with E-state index in [-0.39, 0.29) is 12.5 Å². The lowest BCUT2D eigenvalue weighted by Gasteiger charge is -2.20. The minimum Gasteiger partial charge on any atom is -0.394 e. The topological polar surface area (TPSA) is 69.6 Å². The molecule has 0 radical (unpaired) electrons. The van der Waals surface area contributed by atoms with Gasteiger partial charge in [0.2, 0.25) is 5.91 Å².